The standard InChI is InChI=1S/C5H6Br3NO2/c1-2-3(10)9-4(11)5(6,7)8/h2,4,11H,1H2,(H,9,10). The zero-order chi connectivity index (χ0) is 9.07. The Labute approximate surface area is 89.6 Å². The van der Waals surface area contributed by atoms with E-state index in [2.05, 4.69) is 59.7 Å². The Balaban J connectivity index is 3.97. The van der Waals surface area contributed by atoms with Crippen LogP contribution in [0.3, 0.4) is 0 Å². The third kappa shape index (κ3) is 4.95. The monoisotopic (exact) mass is 349 g/mol. The first-order chi connectivity index (χ1) is 4.88. The van der Waals surface area contributed by atoms with Crippen LogP contribution >= 0.6 is 47.8 Å². The zero-order valence-electron chi connectivity index (χ0n) is 5.35. The molecule has 6 heteroatoms. The smallest absolute Gasteiger partial charge is 0.245 e. The first-order valence-electron chi connectivity index (χ1n) is 2.55. The van der Waals surface area contributed by atoms with Crippen molar-refractivity contribution in [1.29, 1.82) is 0 Å². The molecule has 1 atom stereocenters. The molecular formula is C5H6Br3NO2. The summed E-state index contributed by atoms with van der Waals surface area (Å²) in [6.45, 7) is 3.23. The minimum absolute atomic E-state index is 0.444. The van der Waals surface area contributed by atoms with Gasteiger partial charge in [-0.2, -0.15) is 0 Å². The van der Waals surface area contributed by atoms with E-state index in [9.17, 15) is 4.79 Å². The Morgan fingerprint density at radius 3 is 2.36 bits per heavy atom. The van der Waals surface area contributed by atoms with E-state index in [4.69, 9.17) is 5.11 Å². The van der Waals surface area contributed by atoms with E-state index in [1.54, 1.807) is 0 Å². The lowest BCUT2D eigenvalue weighted by Crippen LogP contribution is -2.41. The van der Waals surface area contributed by atoms with Gasteiger partial charge in [-0.05, 0) is 6.08 Å². The van der Waals surface area contributed by atoms with E-state index in [0.29, 0.717) is 0 Å². The third-order valence-electron chi connectivity index (χ3n) is 0.774. The van der Waals surface area contributed by atoms with Gasteiger partial charge in [-0.3, -0.25) is 4.79 Å². The molecule has 0 radical (unpaired) electrons. The minimum atomic E-state index is -1.08. The quantitative estimate of drug-likeness (QED) is 0.449. The maximum absolute atomic E-state index is 10.6. The molecule has 0 aliphatic rings. The summed E-state index contributed by atoms with van der Waals surface area (Å²) in [7, 11) is 0. The lowest BCUT2D eigenvalue weighted by atomic mass is 10.5. The third-order valence-corrected chi connectivity index (χ3v) is 2.08. The topological polar surface area (TPSA) is 49.3 Å². The van der Waals surface area contributed by atoms with Crippen molar-refractivity contribution in [2.75, 3.05) is 0 Å². The van der Waals surface area contributed by atoms with Gasteiger partial charge in [0.15, 0.2) is 8.37 Å². The van der Waals surface area contributed by atoms with Crippen molar-refractivity contribution in [3.05, 3.63) is 12.7 Å². The Morgan fingerprint density at radius 1 is 1.64 bits per heavy atom. The highest BCUT2D eigenvalue weighted by Gasteiger charge is 2.29. The van der Waals surface area contributed by atoms with Crippen LogP contribution < -0.4 is 5.32 Å². The number of nitrogens with one attached hydrogen (secondary N) is 1. The highest BCUT2D eigenvalue weighted by molar-refractivity contribution is 9.39. The second kappa shape index (κ2) is 4.59. The number of alkyl halides is 3. The molecule has 0 rings (SSSR count). The van der Waals surface area contributed by atoms with Crippen LogP contribution in [0.5, 0.6) is 0 Å². The largest absolute Gasteiger partial charge is 0.370 e. The van der Waals surface area contributed by atoms with Gasteiger partial charge in [0.2, 0.25) is 5.91 Å². The molecule has 0 aliphatic carbocycles. The Bertz CT molecular complexity index is 166. The van der Waals surface area contributed by atoms with Crippen molar-refractivity contribution in [1.82, 2.24) is 5.32 Å². The Hall–Kier alpha value is 0.610. The van der Waals surface area contributed by atoms with Gasteiger partial charge in [-0.15, -0.1) is 0 Å². The summed E-state index contributed by atoms with van der Waals surface area (Å²) in [4.78, 5) is 10.6. The molecule has 1 amide bonds. The van der Waals surface area contributed by atoms with E-state index in [1.165, 1.54) is 0 Å². The number of carbonyl (C=O) groups is 1. The van der Waals surface area contributed by atoms with Crippen LogP contribution in [0.2, 0.25) is 0 Å². The number of hydrogen-bond acceptors (Lipinski definition) is 2. The Morgan fingerprint density at radius 2 is 2.09 bits per heavy atom. The minimum Gasteiger partial charge on any atom is -0.370 e. The van der Waals surface area contributed by atoms with Gasteiger partial charge in [-0.1, -0.05) is 54.4 Å². The van der Waals surface area contributed by atoms with Crippen molar-refractivity contribution in [3.63, 3.8) is 0 Å². The van der Waals surface area contributed by atoms with Gasteiger partial charge in [0, 0.05) is 0 Å². The van der Waals surface area contributed by atoms with Gasteiger partial charge >= 0.3 is 0 Å². The molecule has 0 saturated carbocycles. The maximum atomic E-state index is 10.6. The molecule has 3 nitrogen and oxygen atoms in total. The number of rotatable bonds is 2. The van der Waals surface area contributed by atoms with Crippen molar-refractivity contribution < 1.29 is 9.90 Å². The van der Waals surface area contributed by atoms with Crippen molar-refractivity contribution in [3.8, 4) is 0 Å². The molecule has 0 aromatic carbocycles. The molecule has 0 saturated heterocycles. The molecule has 1 unspecified atom stereocenters. The molecule has 2 N–H and O–H groups in total. The molecule has 11 heavy (non-hydrogen) atoms. The summed E-state index contributed by atoms with van der Waals surface area (Å²) in [5.41, 5.74) is 0. The number of amides is 1. The van der Waals surface area contributed by atoms with E-state index in [-0.39, 0.29) is 0 Å². The average molecular weight is 352 g/mol. The van der Waals surface area contributed by atoms with Gasteiger partial charge in [0.25, 0.3) is 0 Å². The van der Waals surface area contributed by atoms with Crippen LogP contribution in [-0.4, -0.2) is 19.4 Å². The van der Waals surface area contributed by atoms with Gasteiger partial charge in [0.05, 0.1) is 0 Å². The first-order valence-corrected chi connectivity index (χ1v) is 4.93. The van der Waals surface area contributed by atoms with Crippen LogP contribution in [-0.2, 0) is 4.79 Å². The lowest BCUT2D eigenvalue weighted by Gasteiger charge is -2.20. The molecule has 0 aliphatic heterocycles. The molecule has 64 valence electrons. The van der Waals surface area contributed by atoms with Gasteiger partial charge in [-0.25, -0.2) is 0 Å². The fourth-order valence-corrected chi connectivity index (χ4v) is 0.619. The summed E-state index contributed by atoms with van der Waals surface area (Å²) >= 11 is 9.11. The van der Waals surface area contributed by atoms with E-state index < -0.39 is 14.3 Å². The predicted octanol–water partition coefficient (Wildman–Crippen LogP) is 1.45. The normalized spacial score (nSPS) is 13.8. The number of halogens is 3. The van der Waals surface area contributed by atoms with E-state index >= 15 is 0 Å². The number of carbonyl (C=O) groups excluding carboxylic acids is 1. The summed E-state index contributed by atoms with van der Waals surface area (Å²) in [5, 5.41) is 11.4. The van der Waals surface area contributed by atoms with Gasteiger partial charge in [0.1, 0.15) is 0 Å². The van der Waals surface area contributed by atoms with Crippen LogP contribution in [0.15, 0.2) is 12.7 Å². The van der Waals surface area contributed by atoms with Crippen LogP contribution in [0.4, 0.5) is 0 Å². The highest BCUT2D eigenvalue weighted by Crippen LogP contribution is 2.35. The first kappa shape index (κ1) is 11.6. The highest BCUT2D eigenvalue weighted by atomic mass is 80.0. The van der Waals surface area contributed by atoms with Gasteiger partial charge < -0.3 is 10.4 Å². The van der Waals surface area contributed by atoms with Crippen LogP contribution in [0, 0.1) is 0 Å². The van der Waals surface area contributed by atoms with Crippen molar-refractivity contribution in [2.24, 2.45) is 0 Å². The SMILES string of the molecule is C=CC(=O)NC(O)C(Br)(Br)Br. The summed E-state index contributed by atoms with van der Waals surface area (Å²) in [6, 6.07) is 0. The predicted molar refractivity (Wildman–Crippen MR) is 53.9 cm³/mol. The number of hydrogen-bond donors (Lipinski definition) is 2. The molecule has 0 aromatic heterocycles. The van der Waals surface area contributed by atoms with Crippen molar-refractivity contribution >= 4 is 53.7 Å². The lowest BCUT2D eigenvalue weighted by molar-refractivity contribution is -0.119. The zero-order valence-corrected chi connectivity index (χ0v) is 10.1. The van der Waals surface area contributed by atoms with Crippen LogP contribution in [0.1, 0.15) is 0 Å². The number of aliphatic hydroxyl groups excluding tert-OH is 1. The fraction of sp³-hybridized carbons (Fsp3) is 0.400. The molecule has 0 bridgehead atoms. The summed E-state index contributed by atoms with van der Waals surface area (Å²) in [5.74, 6) is -0.444. The summed E-state index contributed by atoms with van der Waals surface area (Å²) < 4.78 is -0.897. The fourth-order valence-electron chi connectivity index (χ4n) is 0.276. The average Bonchev–Trinajstić information content (AvgIpc) is 1.85. The van der Waals surface area contributed by atoms with Crippen LogP contribution in [0.25, 0.3) is 0 Å². The summed E-state index contributed by atoms with van der Waals surface area (Å²) in [6.07, 6.45) is -0.00454. The number of aliphatic hydroxyl groups is 1. The van der Waals surface area contributed by atoms with E-state index in [0.717, 1.165) is 6.08 Å². The molecule has 0 fully saturated rings. The van der Waals surface area contributed by atoms with E-state index in [1.807, 2.05) is 0 Å². The molecule has 0 aromatic rings. The maximum Gasteiger partial charge on any atom is 0.245 e. The Kier molecular flexibility index (Phi) is 4.85. The molecular weight excluding hydrogens is 346 g/mol. The molecule has 0 heterocycles. The second-order valence-corrected chi connectivity index (χ2v) is 8.60. The van der Waals surface area contributed by atoms with Crippen molar-refractivity contribution in [2.45, 2.75) is 8.37 Å². The second-order valence-electron chi connectivity index (χ2n) is 1.66. The molecule has 0 spiro atoms.